The molecule has 2 N–H and O–H groups in total. The van der Waals surface area contributed by atoms with Crippen LogP contribution in [0.3, 0.4) is 0 Å². The van der Waals surface area contributed by atoms with Crippen molar-refractivity contribution in [3.05, 3.63) is 28.8 Å². The summed E-state index contributed by atoms with van der Waals surface area (Å²) < 4.78 is 10.6. The van der Waals surface area contributed by atoms with Gasteiger partial charge in [0.15, 0.2) is 0 Å². The SMILES string of the molecule is COc1cc(C)c(C)cc1CNCC1(CO)COC1. The summed E-state index contributed by atoms with van der Waals surface area (Å²) in [6.07, 6.45) is 0. The lowest BCUT2D eigenvalue weighted by Gasteiger charge is -2.40. The van der Waals surface area contributed by atoms with Gasteiger partial charge in [0, 0.05) is 18.7 Å². The summed E-state index contributed by atoms with van der Waals surface area (Å²) in [6, 6.07) is 4.23. The van der Waals surface area contributed by atoms with E-state index in [1.807, 2.05) is 0 Å². The molecule has 19 heavy (non-hydrogen) atoms. The van der Waals surface area contributed by atoms with E-state index in [4.69, 9.17) is 9.47 Å². The molecule has 1 aliphatic heterocycles. The highest BCUT2D eigenvalue weighted by atomic mass is 16.5. The second kappa shape index (κ2) is 5.90. The normalized spacial score (nSPS) is 17.1. The summed E-state index contributed by atoms with van der Waals surface area (Å²) in [5.74, 6) is 0.915. The Morgan fingerprint density at radius 1 is 1.32 bits per heavy atom. The molecule has 0 atom stereocenters. The van der Waals surface area contributed by atoms with Gasteiger partial charge < -0.3 is 19.9 Å². The molecule has 0 radical (unpaired) electrons. The maximum Gasteiger partial charge on any atom is 0.123 e. The number of aliphatic hydroxyl groups is 1. The Morgan fingerprint density at radius 2 is 2.00 bits per heavy atom. The molecule has 1 fully saturated rings. The third-order valence-corrected chi connectivity index (χ3v) is 3.86. The summed E-state index contributed by atoms with van der Waals surface area (Å²) in [5.41, 5.74) is 3.56. The fraction of sp³-hybridized carbons (Fsp3) is 0.600. The molecule has 1 aromatic rings. The van der Waals surface area contributed by atoms with E-state index in [1.54, 1.807) is 7.11 Å². The van der Waals surface area contributed by atoms with Gasteiger partial charge in [0.25, 0.3) is 0 Å². The number of benzene rings is 1. The Balaban J connectivity index is 1.97. The first-order valence-electron chi connectivity index (χ1n) is 6.64. The van der Waals surface area contributed by atoms with E-state index in [-0.39, 0.29) is 12.0 Å². The van der Waals surface area contributed by atoms with Crippen LogP contribution in [0.15, 0.2) is 12.1 Å². The molecule has 0 aromatic heterocycles. The molecule has 1 aliphatic rings. The van der Waals surface area contributed by atoms with Gasteiger partial charge >= 0.3 is 0 Å². The van der Waals surface area contributed by atoms with Crippen LogP contribution < -0.4 is 10.1 Å². The largest absolute Gasteiger partial charge is 0.496 e. The molecule has 106 valence electrons. The molecule has 4 nitrogen and oxygen atoms in total. The van der Waals surface area contributed by atoms with Crippen LogP contribution in [-0.2, 0) is 11.3 Å². The number of hydrogen-bond donors (Lipinski definition) is 2. The monoisotopic (exact) mass is 265 g/mol. The molecule has 2 rings (SSSR count). The molecule has 0 aliphatic carbocycles. The Morgan fingerprint density at radius 3 is 2.53 bits per heavy atom. The van der Waals surface area contributed by atoms with E-state index in [1.165, 1.54) is 11.1 Å². The number of aryl methyl sites for hydroxylation is 2. The van der Waals surface area contributed by atoms with E-state index in [9.17, 15) is 5.11 Å². The molecule has 4 heteroatoms. The maximum absolute atomic E-state index is 9.37. The summed E-state index contributed by atoms with van der Waals surface area (Å²) in [5, 5.41) is 12.8. The van der Waals surface area contributed by atoms with Crippen molar-refractivity contribution in [2.24, 2.45) is 5.41 Å². The van der Waals surface area contributed by atoms with Crippen LogP contribution in [0.5, 0.6) is 5.75 Å². The molecule has 1 heterocycles. The lowest BCUT2D eigenvalue weighted by Crippen LogP contribution is -2.52. The molecular formula is C15H23NO3. The Hall–Kier alpha value is -1.10. The quantitative estimate of drug-likeness (QED) is 0.816. The summed E-state index contributed by atoms with van der Waals surface area (Å²) in [6.45, 7) is 7.14. The number of rotatable bonds is 6. The number of aliphatic hydroxyl groups excluding tert-OH is 1. The van der Waals surface area contributed by atoms with Crippen molar-refractivity contribution >= 4 is 0 Å². The number of hydrogen-bond acceptors (Lipinski definition) is 4. The minimum Gasteiger partial charge on any atom is -0.496 e. The lowest BCUT2D eigenvalue weighted by atomic mass is 9.87. The van der Waals surface area contributed by atoms with Crippen LogP contribution in [0.25, 0.3) is 0 Å². The molecule has 0 unspecified atom stereocenters. The smallest absolute Gasteiger partial charge is 0.123 e. The average Bonchev–Trinajstić information content (AvgIpc) is 2.36. The van der Waals surface area contributed by atoms with Crippen molar-refractivity contribution in [1.29, 1.82) is 0 Å². The third-order valence-electron chi connectivity index (χ3n) is 3.86. The van der Waals surface area contributed by atoms with Crippen molar-refractivity contribution in [2.75, 3.05) is 33.5 Å². The van der Waals surface area contributed by atoms with Crippen LogP contribution >= 0.6 is 0 Å². The third kappa shape index (κ3) is 3.08. The fourth-order valence-corrected chi connectivity index (χ4v) is 2.28. The minimum atomic E-state index is -0.0903. The fourth-order valence-electron chi connectivity index (χ4n) is 2.28. The summed E-state index contributed by atoms with van der Waals surface area (Å²) in [7, 11) is 1.70. The van der Waals surface area contributed by atoms with Crippen LogP contribution in [0, 0.1) is 19.3 Å². The van der Waals surface area contributed by atoms with Crippen LogP contribution in [0.2, 0.25) is 0 Å². The van der Waals surface area contributed by atoms with Gasteiger partial charge in [-0.1, -0.05) is 6.07 Å². The second-order valence-corrected chi connectivity index (χ2v) is 5.50. The molecule has 1 saturated heterocycles. The molecule has 0 amide bonds. The van der Waals surface area contributed by atoms with Gasteiger partial charge in [-0.3, -0.25) is 0 Å². The Kier molecular flexibility index (Phi) is 4.45. The highest BCUT2D eigenvalue weighted by molar-refractivity contribution is 5.41. The maximum atomic E-state index is 9.37. The van der Waals surface area contributed by atoms with Crippen molar-refractivity contribution < 1.29 is 14.6 Å². The highest BCUT2D eigenvalue weighted by Crippen LogP contribution is 2.27. The minimum absolute atomic E-state index is 0.0903. The van der Waals surface area contributed by atoms with Gasteiger partial charge in [-0.15, -0.1) is 0 Å². The average molecular weight is 265 g/mol. The van der Waals surface area contributed by atoms with Gasteiger partial charge in [-0.2, -0.15) is 0 Å². The first-order chi connectivity index (χ1) is 9.10. The van der Waals surface area contributed by atoms with Gasteiger partial charge in [0.2, 0.25) is 0 Å². The Labute approximate surface area is 114 Å². The summed E-state index contributed by atoms with van der Waals surface area (Å²) >= 11 is 0. The zero-order valence-electron chi connectivity index (χ0n) is 12.0. The predicted octanol–water partition coefficient (Wildman–Crippen LogP) is 1.41. The molecule has 0 saturated carbocycles. The van der Waals surface area contributed by atoms with Crippen LogP contribution in [0.4, 0.5) is 0 Å². The van der Waals surface area contributed by atoms with Crippen LogP contribution in [-0.4, -0.2) is 38.6 Å². The first-order valence-corrected chi connectivity index (χ1v) is 6.64. The zero-order chi connectivity index (χ0) is 13.9. The van der Waals surface area contributed by atoms with E-state index in [2.05, 4.69) is 31.3 Å². The molecule has 0 bridgehead atoms. The summed E-state index contributed by atoms with van der Waals surface area (Å²) in [4.78, 5) is 0. The van der Waals surface area contributed by atoms with Gasteiger partial charge in [-0.05, 0) is 31.0 Å². The Bertz CT molecular complexity index is 436. The first kappa shape index (κ1) is 14.3. The van der Waals surface area contributed by atoms with Crippen LogP contribution in [0.1, 0.15) is 16.7 Å². The van der Waals surface area contributed by atoms with Crippen molar-refractivity contribution in [2.45, 2.75) is 20.4 Å². The number of nitrogens with one attached hydrogen (secondary N) is 1. The number of methoxy groups -OCH3 is 1. The van der Waals surface area contributed by atoms with Crippen molar-refractivity contribution in [1.82, 2.24) is 5.32 Å². The predicted molar refractivity (Wildman–Crippen MR) is 74.5 cm³/mol. The topological polar surface area (TPSA) is 50.7 Å². The van der Waals surface area contributed by atoms with E-state index >= 15 is 0 Å². The van der Waals surface area contributed by atoms with Gasteiger partial charge in [-0.25, -0.2) is 0 Å². The van der Waals surface area contributed by atoms with Gasteiger partial charge in [0.1, 0.15) is 5.75 Å². The molecule has 0 spiro atoms. The van der Waals surface area contributed by atoms with Crippen molar-refractivity contribution in [3.8, 4) is 5.75 Å². The zero-order valence-corrected chi connectivity index (χ0v) is 12.0. The van der Waals surface area contributed by atoms with E-state index < -0.39 is 0 Å². The van der Waals surface area contributed by atoms with Crippen molar-refractivity contribution in [3.63, 3.8) is 0 Å². The highest BCUT2D eigenvalue weighted by Gasteiger charge is 2.37. The second-order valence-electron chi connectivity index (χ2n) is 5.50. The molecular weight excluding hydrogens is 242 g/mol. The molecule has 1 aromatic carbocycles. The lowest BCUT2D eigenvalue weighted by molar-refractivity contribution is -0.134. The number of ether oxygens (including phenoxy) is 2. The standard InChI is InChI=1S/C15H23NO3/c1-11-4-13(14(18-3)5-12(11)2)6-16-7-15(8-17)9-19-10-15/h4-5,16-17H,6-10H2,1-3H3. The van der Waals surface area contributed by atoms with Gasteiger partial charge in [0.05, 0.1) is 32.3 Å². The van der Waals surface area contributed by atoms with E-state index in [0.717, 1.165) is 24.4 Å². The van der Waals surface area contributed by atoms with E-state index in [0.29, 0.717) is 13.2 Å².